The summed E-state index contributed by atoms with van der Waals surface area (Å²) in [5.74, 6) is 0.0175. The van der Waals surface area contributed by atoms with Gasteiger partial charge in [0.25, 0.3) is 5.91 Å². The number of halogens is 1. The van der Waals surface area contributed by atoms with Crippen LogP contribution in [0.5, 0.6) is 5.88 Å². The highest BCUT2D eigenvalue weighted by atomic mass is 19.1. The third kappa shape index (κ3) is 3.29. The molecular formula is C22H26FN5O3. The summed E-state index contributed by atoms with van der Waals surface area (Å²) in [6.07, 6.45) is 4.19. The van der Waals surface area contributed by atoms with Crippen molar-refractivity contribution in [3.63, 3.8) is 0 Å². The quantitative estimate of drug-likeness (QED) is 0.677. The molecule has 0 spiro atoms. The SMILES string of the molecule is CCC12COc3ccn4ncc(c4n3)-c3cc(F)cc(c3)NCCN1C(=O)[C@H](OC)C2.[HH]. The highest BCUT2D eigenvalue weighted by Gasteiger charge is 2.50. The van der Waals surface area contributed by atoms with E-state index in [0.717, 1.165) is 0 Å². The van der Waals surface area contributed by atoms with E-state index < -0.39 is 11.6 Å². The van der Waals surface area contributed by atoms with E-state index >= 15 is 0 Å². The van der Waals surface area contributed by atoms with E-state index in [4.69, 9.17) is 9.47 Å². The molecule has 4 bridgehead atoms. The molecular weight excluding hydrogens is 401 g/mol. The van der Waals surface area contributed by atoms with Crippen LogP contribution < -0.4 is 10.1 Å². The second kappa shape index (κ2) is 7.49. The Hall–Kier alpha value is -3.20. The van der Waals surface area contributed by atoms with E-state index in [1.165, 1.54) is 12.1 Å². The molecule has 1 unspecified atom stereocenters. The lowest BCUT2D eigenvalue weighted by Crippen LogP contribution is -2.51. The second-order valence-electron chi connectivity index (χ2n) is 8.03. The number of aromatic nitrogens is 3. The van der Waals surface area contributed by atoms with Crippen LogP contribution >= 0.6 is 0 Å². The Kier molecular flexibility index (Phi) is 4.77. The van der Waals surface area contributed by atoms with E-state index in [-0.39, 0.29) is 13.2 Å². The molecule has 2 aromatic heterocycles. The molecule has 2 aliphatic heterocycles. The first-order valence-corrected chi connectivity index (χ1v) is 10.4. The molecule has 3 aromatic rings. The van der Waals surface area contributed by atoms with Crippen molar-refractivity contribution in [2.75, 3.05) is 32.1 Å². The van der Waals surface area contributed by atoms with E-state index in [9.17, 15) is 9.18 Å². The molecule has 164 valence electrons. The van der Waals surface area contributed by atoms with Crippen LogP contribution in [0.3, 0.4) is 0 Å². The number of nitrogens with one attached hydrogen (secondary N) is 1. The Morgan fingerprint density at radius 1 is 1.42 bits per heavy atom. The molecule has 0 saturated carbocycles. The van der Waals surface area contributed by atoms with Crippen LogP contribution in [-0.4, -0.2) is 63.9 Å². The number of anilines is 1. The van der Waals surface area contributed by atoms with Crippen LogP contribution in [0.15, 0.2) is 36.7 Å². The average molecular weight is 427 g/mol. The maximum Gasteiger partial charge on any atom is 0.252 e. The van der Waals surface area contributed by atoms with Gasteiger partial charge in [0.1, 0.15) is 18.5 Å². The fourth-order valence-corrected chi connectivity index (χ4v) is 4.56. The van der Waals surface area contributed by atoms with Crippen molar-refractivity contribution in [3.05, 3.63) is 42.5 Å². The number of rotatable bonds is 2. The van der Waals surface area contributed by atoms with Crippen molar-refractivity contribution >= 4 is 17.2 Å². The van der Waals surface area contributed by atoms with Crippen LogP contribution in [-0.2, 0) is 9.53 Å². The Balaban J connectivity index is 0.00000245. The molecule has 1 amide bonds. The van der Waals surface area contributed by atoms with Gasteiger partial charge in [-0.25, -0.2) is 8.91 Å². The lowest BCUT2D eigenvalue weighted by atomic mass is 9.93. The molecule has 0 aliphatic carbocycles. The summed E-state index contributed by atoms with van der Waals surface area (Å²) in [6, 6.07) is 6.50. The van der Waals surface area contributed by atoms with E-state index in [1.54, 1.807) is 30.1 Å². The van der Waals surface area contributed by atoms with Crippen molar-refractivity contribution in [2.45, 2.75) is 31.4 Å². The maximum atomic E-state index is 14.4. The van der Waals surface area contributed by atoms with E-state index in [2.05, 4.69) is 15.4 Å². The highest BCUT2D eigenvalue weighted by molar-refractivity contribution is 5.84. The number of hydrogen-bond acceptors (Lipinski definition) is 6. The van der Waals surface area contributed by atoms with Gasteiger partial charge in [-0.05, 0) is 30.2 Å². The minimum absolute atomic E-state index is 0. The number of methoxy groups -OCH3 is 1. The van der Waals surface area contributed by atoms with E-state index in [0.29, 0.717) is 60.9 Å². The van der Waals surface area contributed by atoms with Crippen LogP contribution in [0, 0.1) is 5.82 Å². The Morgan fingerprint density at radius 3 is 3.10 bits per heavy atom. The molecule has 4 heterocycles. The summed E-state index contributed by atoms with van der Waals surface area (Å²) < 4.78 is 27.6. The molecule has 31 heavy (non-hydrogen) atoms. The van der Waals surface area contributed by atoms with Gasteiger partial charge >= 0.3 is 0 Å². The fourth-order valence-electron chi connectivity index (χ4n) is 4.56. The summed E-state index contributed by atoms with van der Waals surface area (Å²) in [4.78, 5) is 19.5. The van der Waals surface area contributed by atoms with Crippen LogP contribution in [0.25, 0.3) is 16.8 Å². The summed E-state index contributed by atoms with van der Waals surface area (Å²) in [6.45, 7) is 3.28. The number of carbonyl (C=O) groups is 1. The number of ether oxygens (including phenoxy) is 2. The number of carbonyl (C=O) groups excluding carboxylic acids is 1. The molecule has 9 heteroatoms. The molecule has 8 nitrogen and oxygen atoms in total. The topological polar surface area (TPSA) is 81.0 Å². The first-order chi connectivity index (χ1) is 15.0. The second-order valence-corrected chi connectivity index (χ2v) is 8.03. The largest absolute Gasteiger partial charge is 0.475 e. The minimum Gasteiger partial charge on any atom is -0.475 e. The predicted molar refractivity (Wildman–Crippen MR) is 115 cm³/mol. The van der Waals surface area contributed by atoms with Gasteiger partial charge in [0.05, 0.1) is 11.7 Å². The van der Waals surface area contributed by atoms with Gasteiger partial charge in [0.2, 0.25) is 5.88 Å². The Morgan fingerprint density at radius 2 is 2.29 bits per heavy atom. The predicted octanol–water partition coefficient (Wildman–Crippen LogP) is 2.98. The zero-order chi connectivity index (χ0) is 21.6. The number of hydrogen-bond donors (Lipinski definition) is 1. The molecule has 1 aromatic carbocycles. The lowest BCUT2D eigenvalue weighted by Gasteiger charge is -2.37. The Bertz CT molecular complexity index is 1160. The molecule has 1 N–H and O–H groups in total. The first kappa shape index (κ1) is 19.7. The van der Waals surface area contributed by atoms with Gasteiger partial charge < -0.3 is 19.7 Å². The van der Waals surface area contributed by atoms with Crippen molar-refractivity contribution in [2.24, 2.45) is 0 Å². The van der Waals surface area contributed by atoms with Crippen LogP contribution in [0.1, 0.15) is 21.2 Å². The van der Waals surface area contributed by atoms with Gasteiger partial charge in [-0.3, -0.25) is 4.79 Å². The van der Waals surface area contributed by atoms with Gasteiger partial charge in [-0.1, -0.05) is 6.92 Å². The zero-order valence-electron chi connectivity index (χ0n) is 17.5. The normalized spacial score (nSPS) is 23.4. The standard InChI is InChI=1S/C22H24FN5O3.H2/c1-3-22-11-18(30-2)21(29)27(22)7-5-24-16-9-14(8-15(23)10-16)17-12-25-28-6-4-19(31-13-22)26-20(17)28;/h4,6,8-10,12,18,24H,3,5,7,11,13H2,1-2H3;1H/t18-,22?;/m1./s1. The fraction of sp³-hybridized carbons (Fsp3) is 0.409. The molecule has 1 fully saturated rings. The molecule has 2 atom stereocenters. The monoisotopic (exact) mass is 427 g/mol. The van der Waals surface area contributed by atoms with Crippen molar-refractivity contribution in [3.8, 4) is 17.0 Å². The van der Waals surface area contributed by atoms with Crippen LogP contribution in [0.4, 0.5) is 10.1 Å². The lowest BCUT2D eigenvalue weighted by molar-refractivity contribution is -0.138. The Labute approximate surface area is 180 Å². The average Bonchev–Trinajstić information content (AvgIpc) is 3.31. The number of fused-ring (bicyclic) bond motifs is 5. The first-order valence-electron chi connectivity index (χ1n) is 10.4. The number of benzene rings is 1. The molecule has 1 saturated heterocycles. The molecule has 2 aliphatic rings. The third-order valence-electron chi connectivity index (χ3n) is 6.33. The summed E-state index contributed by atoms with van der Waals surface area (Å²) >= 11 is 0. The van der Waals surface area contributed by atoms with Gasteiger partial charge in [-0.15, -0.1) is 0 Å². The molecule has 0 radical (unpaired) electrons. The number of nitrogens with zero attached hydrogens (tertiary/aromatic N) is 4. The zero-order valence-corrected chi connectivity index (χ0v) is 17.5. The smallest absolute Gasteiger partial charge is 0.252 e. The summed E-state index contributed by atoms with van der Waals surface area (Å²) in [5, 5.41) is 7.59. The summed E-state index contributed by atoms with van der Waals surface area (Å²) in [7, 11) is 1.55. The van der Waals surface area contributed by atoms with Crippen molar-refractivity contribution < 1.29 is 20.1 Å². The van der Waals surface area contributed by atoms with Crippen molar-refractivity contribution in [1.82, 2.24) is 19.5 Å². The van der Waals surface area contributed by atoms with E-state index in [1.807, 2.05) is 17.9 Å². The highest BCUT2D eigenvalue weighted by Crippen LogP contribution is 2.36. The third-order valence-corrected chi connectivity index (χ3v) is 6.33. The number of amides is 1. The van der Waals surface area contributed by atoms with Gasteiger partial charge in [-0.2, -0.15) is 10.1 Å². The minimum atomic E-state index is -0.506. The summed E-state index contributed by atoms with van der Waals surface area (Å²) in [5.41, 5.74) is 2.08. The van der Waals surface area contributed by atoms with Crippen LogP contribution in [0.2, 0.25) is 0 Å². The van der Waals surface area contributed by atoms with Gasteiger partial charge in [0, 0.05) is 51.6 Å². The maximum absolute atomic E-state index is 14.4. The molecule has 5 rings (SSSR count). The van der Waals surface area contributed by atoms with Gasteiger partial charge in [0.15, 0.2) is 5.65 Å². The van der Waals surface area contributed by atoms with Crippen molar-refractivity contribution in [1.29, 1.82) is 0 Å².